The van der Waals surface area contributed by atoms with Gasteiger partial charge in [0.05, 0.1) is 120 Å². The molecule has 2 aromatic carbocycles. The molecule has 8 saturated heterocycles. The van der Waals surface area contributed by atoms with Crippen molar-refractivity contribution in [2.24, 2.45) is 0 Å². The molecule has 11 aliphatic rings. The summed E-state index contributed by atoms with van der Waals surface area (Å²) in [6.07, 6.45) is -34.3. The second-order valence-electron chi connectivity index (χ2n) is 33.6. The summed E-state index contributed by atoms with van der Waals surface area (Å²) in [5.41, 5.74) is -9.85. The summed E-state index contributed by atoms with van der Waals surface area (Å²) >= 11 is 0. The lowest BCUT2D eigenvalue weighted by molar-refractivity contribution is -0.367. The summed E-state index contributed by atoms with van der Waals surface area (Å²) in [5.74, 6) is -6.58. The number of phenols is 2. The Bertz CT molecular complexity index is 3740. The maximum atomic E-state index is 15.7. The Kier molecular flexibility index (Phi) is 24.8. The first-order chi connectivity index (χ1) is 52.9. The average molecular weight is 1610 g/mol. The number of ether oxygens (including phenoxy) is 17. The number of aromatic hydroxyl groups is 2. The van der Waals surface area contributed by atoms with E-state index in [0.29, 0.717) is 0 Å². The van der Waals surface area contributed by atoms with Gasteiger partial charge in [-0.25, -0.2) is 0 Å². The molecule has 0 radical (unpaired) electrons. The Balaban J connectivity index is 0.710. The first-order valence-corrected chi connectivity index (χ1v) is 38.5. The Morgan fingerprint density at radius 2 is 0.956 bits per heavy atom. The van der Waals surface area contributed by atoms with E-state index < -0.39 is 276 Å². The Morgan fingerprint density at radius 3 is 1.42 bits per heavy atom. The first kappa shape index (κ1) is 86.3. The molecular formula is C75H110N4O34-2. The largest absolute Gasteiger partial charge is 0.762 e. The van der Waals surface area contributed by atoms with Crippen molar-refractivity contribution in [2.45, 2.75) is 346 Å². The van der Waals surface area contributed by atoms with Crippen LogP contribution in [0.25, 0.3) is 0 Å². The second-order valence-corrected chi connectivity index (χ2v) is 33.6. The molecule has 8 fully saturated rings. The molecule has 2 bridgehead atoms. The maximum absolute atomic E-state index is 15.7. The van der Waals surface area contributed by atoms with Crippen LogP contribution in [0.5, 0.6) is 17.2 Å². The fraction of sp³-hybridized carbons (Fsp3) is 0.800. The number of methoxy groups -OCH3 is 1. The number of carbonyl (C=O) groups is 3. The highest BCUT2D eigenvalue weighted by Gasteiger charge is 2.63. The minimum absolute atomic E-state index is 0.0384. The van der Waals surface area contributed by atoms with Gasteiger partial charge in [0.1, 0.15) is 83.7 Å². The van der Waals surface area contributed by atoms with Gasteiger partial charge in [0.2, 0.25) is 12.1 Å². The highest BCUT2D eigenvalue weighted by Crippen LogP contribution is 2.58. The standard InChI is InChI=1S/C75H110N4O34/c1-27-57(85)39(81)20-46(98-27)109-67-32(6)103-49(25-72(67,8)78(93)94)107-64-30(4)101-45(22-41(64)83)106-63-29(3)100-44(19-37(63)76(12)13)105-43-24-74(10,92)55(70(91)97-16)34-17-35-52(60(88)51(34)43)61(89)53-38(80)18-36-66(54(53)59(35)87)112-71-62(90)56(77(14)15)69(75(36,11)113-71)111-48-23-42(84)65(31(5)102-48)108-50-26-73(9,79(95)96)68(33(7)104-50)110-47-21-40(82)58(86)28(2)99-47/h17-18,27-33,37,39-50,55-58,62-65,67-69,71,80-86,88,90,92-93,95H,19-26H2,1-16H3/q-2. The molecule has 9 heterocycles. The zero-order valence-corrected chi connectivity index (χ0v) is 65.9. The summed E-state index contributed by atoms with van der Waals surface area (Å²) in [6, 6.07) is 0.774. The fourth-order valence-electron chi connectivity index (χ4n) is 18.9. The van der Waals surface area contributed by atoms with E-state index in [0.717, 1.165) is 13.2 Å². The van der Waals surface area contributed by atoms with Crippen LogP contribution >= 0.6 is 0 Å². The number of aliphatic hydroxyl groups is 8. The van der Waals surface area contributed by atoms with Crippen molar-refractivity contribution in [1.82, 2.24) is 20.3 Å². The molecule has 2 aromatic rings. The number of rotatable bonds is 19. The van der Waals surface area contributed by atoms with Crippen molar-refractivity contribution in [3.63, 3.8) is 0 Å². The van der Waals surface area contributed by atoms with Crippen molar-refractivity contribution in [3.8, 4) is 17.2 Å². The van der Waals surface area contributed by atoms with Crippen molar-refractivity contribution >= 4 is 17.5 Å². The predicted molar refractivity (Wildman–Crippen MR) is 379 cm³/mol. The molecule has 38 nitrogen and oxygen atoms in total. The van der Waals surface area contributed by atoms with Crippen LogP contribution in [0.4, 0.5) is 0 Å². The summed E-state index contributed by atoms with van der Waals surface area (Å²) in [7, 11) is 7.97. The molecule has 636 valence electrons. The van der Waals surface area contributed by atoms with Crippen LogP contribution in [0.1, 0.15) is 188 Å². The van der Waals surface area contributed by atoms with Crippen molar-refractivity contribution < 1.29 is 156 Å². The third-order valence-corrected chi connectivity index (χ3v) is 25.0. The highest BCUT2D eigenvalue weighted by atomic mass is 16.8. The van der Waals surface area contributed by atoms with Crippen LogP contribution < -0.4 is 4.74 Å². The van der Waals surface area contributed by atoms with Gasteiger partial charge in [-0.05, 0) is 122 Å². The van der Waals surface area contributed by atoms with Crippen LogP contribution in [0.3, 0.4) is 0 Å². The topological polar surface area (TPSA) is 510 Å². The zero-order valence-electron chi connectivity index (χ0n) is 65.9. The lowest BCUT2D eigenvalue weighted by atomic mass is 9.68. The number of likely N-dealkylation sites (N-methyl/N-ethyl adjacent to an activating group) is 2. The summed E-state index contributed by atoms with van der Waals surface area (Å²) in [6.45, 7) is 17.0. The van der Waals surface area contributed by atoms with Gasteiger partial charge < -0.3 is 162 Å². The number of aliphatic hydroxyl groups excluding tert-OH is 7. The highest BCUT2D eigenvalue weighted by molar-refractivity contribution is 6.31. The average Bonchev–Trinajstić information content (AvgIpc) is 0.687. The summed E-state index contributed by atoms with van der Waals surface area (Å²) in [4.78, 5) is 48.7. The number of nitrogens with zero attached hydrogens (tertiary/aromatic N) is 4. The lowest BCUT2D eigenvalue weighted by Crippen LogP contribution is -2.70. The van der Waals surface area contributed by atoms with E-state index in [-0.39, 0.29) is 77.8 Å². The molecular weight excluding hydrogens is 1500 g/mol. The van der Waals surface area contributed by atoms with Gasteiger partial charge in [-0.2, -0.15) is 0 Å². The minimum Gasteiger partial charge on any atom is -0.762 e. The number of hydroxylamine groups is 4. The quantitative estimate of drug-likeness (QED) is 0.0584. The van der Waals surface area contributed by atoms with Gasteiger partial charge in [0.25, 0.3) is 0 Å². The molecule has 13 rings (SSSR count). The first-order valence-electron chi connectivity index (χ1n) is 38.5. The number of fused-ring (bicyclic) bond motifs is 8. The summed E-state index contributed by atoms with van der Waals surface area (Å²) < 4.78 is 107. The number of phenolic OH excluding ortho intramolecular Hbond substituents is 2. The number of ketones is 2. The van der Waals surface area contributed by atoms with Gasteiger partial charge in [-0.15, -0.1) is 0 Å². The van der Waals surface area contributed by atoms with Gasteiger partial charge in [-0.3, -0.25) is 24.8 Å². The fourth-order valence-corrected chi connectivity index (χ4v) is 18.9. The van der Waals surface area contributed by atoms with E-state index >= 15 is 9.59 Å². The third kappa shape index (κ3) is 15.7. The maximum Gasteiger partial charge on any atom is 0.316 e. The lowest BCUT2D eigenvalue weighted by Gasteiger charge is -2.56. The smallest absolute Gasteiger partial charge is 0.316 e. The molecule has 0 spiro atoms. The van der Waals surface area contributed by atoms with E-state index in [1.54, 1.807) is 88.5 Å². The molecule has 113 heavy (non-hydrogen) atoms. The second kappa shape index (κ2) is 32.5. The number of hydrogen-bond acceptors (Lipinski definition) is 38. The van der Waals surface area contributed by atoms with Crippen molar-refractivity contribution in [2.75, 3.05) is 35.3 Å². The van der Waals surface area contributed by atoms with Crippen LogP contribution in [-0.4, -0.2) is 336 Å². The van der Waals surface area contributed by atoms with Gasteiger partial charge in [-0.1, -0.05) is 0 Å². The number of benzene rings is 2. The Labute approximate surface area is 652 Å². The number of esters is 1. The molecule has 2 aliphatic carbocycles. The van der Waals surface area contributed by atoms with Gasteiger partial charge in [0, 0.05) is 74.1 Å². The van der Waals surface area contributed by atoms with Crippen molar-refractivity contribution in [3.05, 3.63) is 61.5 Å². The molecule has 9 aliphatic heterocycles. The zero-order chi connectivity index (χ0) is 82.4. The van der Waals surface area contributed by atoms with E-state index in [4.69, 9.17) is 80.5 Å². The SMILES string of the molecule is COC(=O)C1c2cc3c(c(O)c2C(OC2CC(N(C)C)C(OC4CC(O)C(OC5CC(C)(N([O-])O)C(OC6CC(O)C(O)C(C)O6)C(C)O5)C(C)O4)C(C)O2)CC1(C)O)C(=O)c1c(O)cc2c(c1C3=O)OC1OC2(C)C(OC2CC(O)C(OC3CC(C)(N([O-])O)C(OC4CC(O)C(O)C(C)O4)C(C)O3)C(C)O2)C(N(C)C)C1O. The van der Waals surface area contributed by atoms with Crippen LogP contribution in [0, 0.1) is 10.4 Å². The third-order valence-electron chi connectivity index (χ3n) is 25.0. The predicted octanol–water partition coefficient (Wildman–Crippen LogP) is 0.844. The molecule has 0 amide bonds. The molecule has 36 atom stereocenters. The normalized spacial score (nSPS) is 46.1. The molecule has 12 N–H and O–H groups in total. The summed E-state index contributed by atoms with van der Waals surface area (Å²) in [5, 5.41) is 161. The monoisotopic (exact) mass is 1610 g/mol. The number of hydrogen-bond donors (Lipinski definition) is 12. The van der Waals surface area contributed by atoms with Crippen LogP contribution in [-0.2, 0) is 86.2 Å². The van der Waals surface area contributed by atoms with E-state index in [2.05, 4.69) is 0 Å². The molecule has 0 saturated carbocycles. The minimum atomic E-state index is -2.06. The van der Waals surface area contributed by atoms with Gasteiger partial charge in [0.15, 0.2) is 49.8 Å². The Morgan fingerprint density at radius 1 is 0.513 bits per heavy atom. The van der Waals surface area contributed by atoms with Crippen LogP contribution in [0.15, 0.2) is 12.1 Å². The van der Waals surface area contributed by atoms with Crippen molar-refractivity contribution in [1.29, 1.82) is 0 Å². The van der Waals surface area contributed by atoms with Gasteiger partial charge >= 0.3 is 5.97 Å². The molecule has 38 heteroatoms. The van der Waals surface area contributed by atoms with E-state index in [1.807, 2.05) is 4.90 Å². The molecule has 0 aromatic heterocycles. The number of carbonyl (C=O) groups excluding carboxylic acids is 3. The Hall–Kier alpha value is -4.59. The van der Waals surface area contributed by atoms with E-state index in [1.165, 1.54) is 26.8 Å². The molecule has 36 unspecified atom stereocenters. The van der Waals surface area contributed by atoms with E-state index in [9.17, 15) is 76.7 Å². The van der Waals surface area contributed by atoms with Crippen LogP contribution in [0.2, 0.25) is 0 Å².